The Balaban J connectivity index is 0.00000192. The summed E-state index contributed by atoms with van der Waals surface area (Å²) in [6.07, 6.45) is 6.90. The molecule has 3 aromatic heterocycles. The molecule has 112 valence electrons. The number of aromatic nitrogens is 4. The van der Waals surface area contributed by atoms with Gasteiger partial charge in [0.15, 0.2) is 0 Å². The number of carbonyl (C=O) groups is 1. The molecule has 0 aliphatic heterocycles. The van der Waals surface area contributed by atoms with Crippen molar-refractivity contribution in [1.29, 1.82) is 0 Å². The van der Waals surface area contributed by atoms with E-state index in [1.165, 1.54) is 12.4 Å². The van der Waals surface area contributed by atoms with Crippen LogP contribution in [0.25, 0.3) is 22.2 Å². The molecule has 0 atom stereocenters. The van der Waals surface area contributed by atoms with E-state index in [1.807, 2.05) is 10.8 Å². The van der Waals surface area contributed by atoms with Crippen molar-refractivity contribution >= 4 is 17.0 Å². The van der Waals surface area contributed by atoms with E-state index in [9.17, 15) is 9.90 Å². The van der Waals surface area contributed by atoms with Crippen LogP contribution in [0.4, 0.5) is 0 Å². The Labute approximate surface area is 145 Å². The number of hydrogen-bond donors (Lipinski definition) is 0. The average Bonchev–Trinajstić information content (AvgIpc) is 2.85. The number of pyridine rings is 1. The third kappa shape index (κ3) is 3.44. The van der Waals surface area contributed by atoms with Crippen LogP contribution in [0, 0.1) is 5.92 Å². The second-order valence-electron chi connectivity index (χ2n) is 5.57. The predicted molar refractivity (Wildman–Crippen MR) is 79.9 cm³/mol. The van der Waals surface area contributed by atoms with Crippen LogP contribution in [0.2, 0.25) is 0 Å². The minimum Gasteiger partial charge on any atom is -0.543 e. The largest absolute Gasteiger partial charge is 1.00 e. The van der Waals surface area contributed by atoms with E-state index in [0.717, 1.165) is 23.1 Å². The quantitative estimate of drug-likeness (QED) is 0.549. The van der Waals surface area contributed by atoms with Crippen molar-refractivity contribution < 1.29 is 28.8 Å². The molecule has 0 unspecified atom stereocenters. The molecule has 0 aromatic carbocycles. The summed E-state index contributed by atoms with van der Waals surface area (Å²) in [4.78, 5) is 23.4. The van der Waals surface area contributed by atoms with E-state index in [-0.39, 0.29) is 24.6 Å². The molecule has 0 saturated carbocycles. The van der Waals surface area contributed by atoms with E-state index in [1.54, 1.807) is 18.5 Å². The normalized spacial score (nSPS) is 10.7. The Hall–Kier alpha value is -2.16. The van der Waals surface area contributed by atoms with E-state index in [0.29, 0.717) is 11.6 Å². The number of carboxylic acids is 1. The maximum Gasteiger partial charge on any atom is 1.00 e. The summed E-state index contributed by atoms with van der Waals surface area (Å²) in [6, 6.07) is 3.22. The Morgan fingerprint density at radius 1 is 1.26 bits per heavy atom. The zero-order valence-corrected chi connectivity index (χ0v) is 13.4. The Bertz CT molecular complexity index is 831. The smallest absolute Gasteiger partial charge is 0.543 e. The Morgan fingerprint density at radius 2 is 1.96 bits per heavy atom. The SMILES string of the molecule is CC(C)Cn1cc(-c2cncnc2)c2ccc(C(=O)[O-])nc21.[Li+]. The first-order valence-electron chi connectivity index (χ1n) is 7.03. The van der Waals surface area contributed by atoms with Gasteiger partial charge in [0.05, 0.1) is 11.7 Å². The fourth-order valence-electron chi connectivity index (χ4n) is 2.48. The predicted octanol–water partition coefficient (Wildman–Crippen LogP) is -1.48. The number of rotatable bonds is 4. The van der Waals surface area contributed by atoms with Crippen molar-refractivity contribution in [3.63, 3.8) is 0 Å². The van der Waals surface area contributed by atoms with Gasteiger partial charge in [0.2, 0.25) is 0 Å². The van der Waals surface area contributed by atoms with E-state index >= 15 is 0 Å². The third-order valence-corrected chi connectivity index (χ3v) is 3.36. The van der Waals surface area contributed by atoms with Crippen molar-refractivity contribution in [3.8, 4) is 11.1 Å². The van der Waals surface area contributed by atoms with E-state index in [4.69, 9.17) is 0 Å². The van der Waals surface area contributed by atoms with Crippen molar-refractivity contribution in [2.24, 2.45) is 5.92 Å². The average molecular weight is 302 g/mol. The fourth-order valence-corrected chi connectivity index (χ4v) is 2.48. The molecular weight excluding hydrogens is 287 g/mol. The molecule has 0 bridgehead atoms. The van der Waals surface area contributed by atoms with Gasteiger partial charge in [-0.3, -0.25) is 0 Å². The molecule has 3 rings (SSSR count). The second kappa shape index (κ2) is 6.94. The first-order chi connectivity index (χ1) is 10.6. The first-order valence-corrected chi connectivity index (χ1v) is 7.03. The molecule has 23 heavy (non-hydrogen) atoms. The van der Waals surface area contributed by atoms with Gasteiger partial charge in [-0.15, -0.1) is 0 Å². The molecule has 7 heteroatoms. The molecule has 0 amide bonds. The summed E-state index contributed by atoms with van der Waals surface area (Å²) in [5.74, 6) is -0.868. The van der Waals surface area contributed by atoms with Gasteiger partial charge in [0, 0.05) is 41.6 Å². The minimum atomic E-state index is -1.27. The van der Waals surface area contributed by atoms with Gasteiger partial charge in [-0.05, 0) is 18.1 Å². The summed E-state index contributed by atoms with van der Waals surface area (Å²) < 4.78 is 1.97. The van der Waals surface area contributed by atoms with Crippen LogP contribution in [0.15, 0.2) is 37.1 Å². The summed E-state index contributed by atoms with van der Waals surface area (Å²) in [7, 11) is 0. The van der Waals surface area contributed by atoms with Gasteiger partial charge in [0.25, 0.3) is 0 Å². The Kier molecular flexibility index (Phi) is 5.19. The molecule has 6 nitrogen and oxygen atoms in total. The zero-order chi connectivity index (χ0) is 15.7. The minimum absolute atomic E-state index is 0. The number of fused-ring (bicyclic) bond motifs is 1. The molecule has 0 fully saturated rings. The molecule has 0 spiro atoms. The first kappa shape index (κ1) is 17.2. The summed E-state index contributed by atoms with van der Waals surface area (Å²) in [6.45, 7) is 4.94. The summed E-state index contributed by atoms with van der Waals surface area (Å²) >= 11 is 0. The topological polar surface area (TPSA) is 83.7 Å². The van der Waals surface area contributed by atoms with Gasteiger partial charge in [-0.25, -0.2) is 15.0 Å². The monoisotopic (exact) mass is 302 g/mol. The van der Waals surface area contributed by atoms with E-state index in [2.05, 4.69) is 28.8 Å². The van der Waals surface area contributed by atoms with Gasteiger partial charge >= 0.3 is 18.9 Å². The maximum absolute atomic E-state index is 11.1. The molecule has 0 radical (unpaired) electrons. The molecule has 3 aromatic rings. The zero-order valence-electron chi connectivity index (χ0n) is 13.4. The van der Waals surface area contributed by atoms with Gasteiger partial charge in [-0.2, -0.15) is 0 Å². The molecule has 0 aliphatic carbocycles. The standard InChI is InChI=1S/C16H16N4O2.Li/c1-10(2)7-20-8-13(11-5-17-9-18-6-11)12-3-4-14(16(21)22)19-15(12)20;/h3-6,8-10H,7H2,1-2H3,(H,21,22);/q;+1/p-1. The van der Waals surface area contributed by atoms with Crippen LogP contribution in [0.5, 0.6) is 0 Å². The molecule has 0 N–H and O–H groups in total. The van der Waals surface area contributed by atoms with Crippen molar-refractivity contribution in [2.75, 3.05) is 0 Å². The fraction of sp³-hybridized carbons (Fsp3) is 0.250. The molecular formula is C16H15LiN4O2. The van der Waals surface area contributed by atoms with Crippen LogP contribution < -0.4 is 24.0 Å². The van der Waals surface area contributed by atoms with Crippen molar-refractivity contribution in [2.45, 2.75) is 20.4 Å². The summed E-state index contributed by atoms with van der Waals surface area (Å²) in [5, 5.41) is 11.9. The number of carboxylic acid groups (broad SMARTS) is 1. The van der Waals surface area contributed by atoms with Crippen LogP contribution in [0.1, 0.15) is 24.3 Å². The maximum atomic E-state index is 11.1. The number of carbonyl (C=O) groups excluding carboxylic acids is 1. The van der Waals surface area contributed by atoms with Gasteiger partial charge in [0.1, 0.15) is 12.0 Å². The second-order valence-corrected chi connectivity index (χ2v) is 5.57. The van der Waals surface area contributed by atoms with Crippen LogP contribution in [0.3, 0.4) is 0 Å². The van der Waals surface area contributed by atoms with Gasteiger partial charge < -0.3 is 14.5 Å². The number of nitrogens with zero attached hydrogens (tertiary/aromatic N) is 4. The number of hydrogen-bond acceptors (Lipinski definition) is 5. The van der Waals surface area contributed by atoms with Crippen LogP contribution in [-0.4, -0.2) is 25.5 Å². The van der Waals surface area contributed by atoms with Crippen molar-refractivity contribution in [1.82, 2.24) is 19.5 Å². The van der Waals surface area contributed by atoms with Crippen molar-refractivity contribution in [3.05, 3.63) is 42.7 Å². The summed E-state index contributed by atoms with van der Waals surface area (Å²) in [5.41, 5.74) is 2.38. The molecule has 0 aliphatic rings. The van der Waals surface area contributed by atoms with Crippen LogP contribution >= 0.6 is 0 Å². The third-order valence-electron chi connectivity index (χ3n) is 3.36. The van der Waals surface area contributed by atoms with Crippen LogP contribution in [-0.2, 0) is 6.54 Å². The number of aromatic carboxylic acids is 1. The molecule has 3 heterocycles. The Morgan fingerprint density at radius 3 is 2.57 bits per heavy atom. The van der Waals surface area contributed by atoms with Gasteiger partial charge in [-0.1, -0.05) is 13.8 Å². The molecule has 0 saturated heterocycles. The van der Waals surface area contributed by atoms with E-state index < -0.39 is 5.97 Å².